The van der Waals surface area contributed by atoms with Crippen molar-refractivity contribution < 1.29 is 18.7 Å². The predicted octanol–water partition coefficient (Wildman–Crippen LogP) is 6.08. The molecule has 1 aliphatic heterocycles. The minimum atomic E-state index is -1.06. The van der Waals surface area contributed by atoms with Crippen molar-refractivity contribution in [3.8, 4) is 5.75 Å². The van der Waals surface area contributed by atoms with Gasteiger partial charge in [0.05, 0.1) is 5.52 Å². The van der Waals surface area contributed by atoms with Gasteiger partial charge in [-0.25, -0.2) is 9.18 Å². The van der Waals surface area contributed by atoms with Gasteiger partial charge in [0, 0.05) is 26.8 Å². The van der Waals surface area contributed by atoms with Crippen molar-refractivity contribution >= 4 is 34.6 Å². The van der Waals surface area contributed by atoms with Gasteiger partial charge in [-0.2, -0.15) is 0 Å². The lowest BCUT2D eigenvalue weighted by Gasteiger charge is -2.27. The maximum absolute atomic E-state index is 13.6. The summed E-state index contributed by atoms with van der Waals surface area (Å²) in [6.45, 7) is 4.09. The van der Waals surface area contributed by atoms with Gasteiger partial charge < -0.3 is 10.1 Å². The van der Waals surface area contributed by atoms with Gasteiger partial charge in [-0.3, -0.25) is 15.1 Å². The van der Waals surface area contributed by atoms with Crippen LogP contribution < -0.4 is 15.4 Å². The number of hydrogen-bond donors (Lipinski definition) is 2. The topological polar surface area (TPSA) is 80.3 Å². The molecule has 2 atom stereocenters. The molecule has 1 aromatic heterocycles. The molecule has 6 nitrogen and oxygen atoms in total. The van der Waals surface area contributed by atoms with Crippen molar-refractivity contribution in [3.05, 3.63) is 102 Å². The minimum absolute atomic E-state index is 0.201. The summed E-state index contributed by atoms with van der Waals surface area (Å²) >= 11 is 1.55. The molecule has 3 amide bonds. The number of thioether (sulfide) groups is 1. The third-order valence-corrected chi connectivity index (χ3v) is 7.65. The van der Waals surface area contributed by atoms with E-state index < -0.39 is 11.6 Å². The van der Waals surface area contributed by atoms with E-state index in [1.807, 2.05) is 61.5 Å². The maximum Gasteiger partial charge on any atom is 0.322 e. The highest BCUT2D eigenvalue weighted by Gasteiger charge is 2.43. The molecule has 2 heterocycles. The van der Waals surface area contributed by atoms with Crippen LogP contribution in [0.3, 0.4) is 0 Å². The van der Waals surface area contributed by atoms with Gasteiger partial charge in [0.25, 0.3) is 5.91 Å². The minimum Gasteiger partial charge on any atom is -0.489 e. The van der Waals surface area contributed by atoms with Gasteiger partial charge in [-0.05, 0) is 74.4 Å². The van der Waals surface area contributed by atoms with E-state index in [1.54, 1.807) is 30.8 Å². The fourth-order valence-corrected chi connectivity index (χ4v) is 5.78. The molecule has 1 fully saturated rings. The van der Waals surface area contributed by atoms with Crippen LogP contribution in [0.2, 0.25) is 0 Å². The zero-order chi connectivity index (χ0) is 26.0. The Hall–Kier alpha value is -3.91. The summed E-state index contributed by atoms with van der Waals surface area (Å²) in [6.07, 6.45) is 0.341. The standard InChI is InChI=1S/C29H26FN3O3S/c1-18-15-20(24-5-3-4-6-25(24)31-18)17-36-22-11-13-23(14-12-22)37-26(19-7-9-21(30)10-8-19)16-29(2)27(34)32-28(35)33-29/h3-15,26H,16-17H2,1-2H3,(H2,32,33,34,35). The Balaban J connectivity index is 1.31. The summed E-state index contributed by atoms with van der Waals surface area (Å²) < 4.78 is 19.7. The van der Waals surface area contributed by atoms with Gasteiger partial charge in [0.1, 0.15) is 23.7 Å². The highest BCUT2D eigenvalue weighted by Crippen LogP contribution is 2.42. The molecule has 0 saturated carbocycles. The second-order valence-corrected chi connectivity index (χ2v) is 10.6. The Morgan fingerprint density at radius 1 is 1.03 bits per heavy atom. The van der Waals surface area contributed by atoms with Crippen molar-refractivity contribution in [2.75, 3.05) is 0 Å². The lowest BCUT2D eigenvalue weighted by atomic mass is 9.93. The van der Waals surface area contributed by atoms with Gasteiger partial charge in [-0.1, -0.05) is 30.3 Å². The zero-order valence-electron chi connectivity index (χ0n) is 20.5. The Morgan fingerprint density at radius 3 is 2.46 bits per heavy atom. The first kappa shape index (κ1) is 24.8. The molecule has 4 aromatic rings. The average molecular weight is 516 g/mol. The number of rotatable bonds is 8. The predicted molar refractivity (Wildman–Crippen MR) is 142 cm³/mol. The molecular formula is C29H26FN3O3S. The number of ether oxygens (including phenoxy) is 1. The fourth-order valence-electron chi connectivity index (χ4n) is 4.45. The first-order valence-corrected chi connectivity index (χ1v) is 12.8. The van der Waals surface area contributed by atoms with Crippen LogP contribution in [0.25, 0.3) is 10.9 Å². The summed E-state index contributed by atoms with van der Waals surface area (Å²) in [6, 6.07) is 23.5. The molecule has 2 unspecified atom stereocenters. The van der Waals surface area contributed by atoms with Crippen LogP contribution in [0.4, 0.5) is 9.18 Å². The second-order valence-electron chi connectivity index (χ2n) is 9.30. The number of nitrogens with zero attached hydrogens (tertiary/aromatic N) is 1. The Labute approximate surface area is 218 Å². The van der Waals surface area contributed by atoms with E-state index in [-0.39, 0.29) is 17.0 Å². The lowest BCUT2D eigenvalue weighted by molar-refractivity contribution is -0.123. The van der Waals surface area contributed by atoms with E-state index in [9.17, 15) is 14.0 Å². The van der Waals surface area contributed by atoms with Crippen LogP contribution in [0.5, 0.6) is 5.75 Å². The molecule has 5 rings (SSSR count). The molecule has 0 bridgehead atoms. The van der Waals surface area contributed by atoms with Crippen LogP contribution in [-0.2, 0) is 11.4 Å². The Kier molecular flexibility index (Phi) is 6.84. The van der Waals surface area contributed by atoms with E-state index >= 15 is 0 Å². The Morgan fingerprint density at radius 2 is 1.76 bits per heavy atom. The molecule has 0 radical (unpaired) electrons. The summed E-state index contributed by atoms with van der Waals surface area (Å²) in [5, 5.41) is 5.90. The average Bonchev–Trinajstić information content (AvgIpc) is 3.13. The van der Waals surface area contributed by atoms with E-state index in [2.05, 4.69) is 15.6 Å². The summed E-state index contributed by atoms with van der Waals surface area (Å²) in [5.74, 6) is 0.0350. The highest BCUT2D eigenvalue weighted by atomic mass is 32.2. The van der Waals surface area contributed by atoms with Gasteiger partial charge >= 0.3 is 6.03 Å². The maximum atomic E-state index is 13.6. The van der Waals surface area contributed by atoms with Gasteiger partial charge in [0.2, 0.25) is 0 Å². The molecule has 2 N–H and O–H groups in total. The normalized spacial score (nSPS) is 17.9. The van der Waals surface area contributed by atoms with E-state index in [1.165, 1.54) is 12.1 Å². The molecule has 188 valence electrons. The molecule has 0 spiro atoms. The highest BCUT2D eigenvalue weighted by molar-refractivity contribution is 7.99. The first-order chi connectivity index (χ1) is 17.8. The number of hydrogen-bond acceptors (Lipinski definition) is 5. The molecule has 3 aromatic carbocycles. The molecule has 1 aliphatic rings. The molecule has 8 heteroatoms. The number of fused-ring (bicyclic) bond motifs is 1. The number of pyridine rings is 1. The quantitative estimate of drug-likeness (QED) is 0.220. The van der Waals surface area contributed by atoms with E-state index in [4.69, 9.17) is 4.74 Å². The van der Waals surface area contributed by atoms with Crippen molar-refractivity contribution in [1.29, 1.82) is 0 Å². The number of aryl methyl sites for hydroxylation is 1. The largest absolute Gasteiger partial charge is 0.489 e. The van der Waals surface area contributed by atoms with Crippen molar-refractivity contribution in [1.82, 2.24) is 15.6 Å². The summed E-state index contributed by atoms with van der Waals surface area (Å²) in [7, 11) is 0. The third kappa shape index (κ3) is 5.59. The number of benzene rings is 3. The smallest absolute Gasteiger partial charge is 0.322 e. The van der Waals surface area contributed by atoms with Gasteiger partial charge in [0.15, 0.2) is 0 Å². The number of urea groups is 1. The number of carbonyl (C=O) groups excluding carboxylic acids is 2. The number of imide groups is 1. The number of aromatic nitrogens is 1. The first-order valence-electron chi connectivity index (χ1n) is 11.9. The van der Waals surface area contributed by atoms with Crippen LogP contribution in [0, 0.1) is 12.7 Å². The fraction of sp³-hybridized carbons (Fsp3) is 0.207. The van der Waals surface area contributed by atoms with Crippen LogP contribution in [0.15, 0.2) is 83.8 Å². The monoisotopic (exact) mass is 515 g/mol. The third-order valence-electron chi connectivity index (χ3n) is 6.38. The van der Waals surface area contributed by atoms with E-state index in [0.717, 1.165) is 38.4 Å². The van der Waals surface area contributed by atoms with Crippen molar-refractivity contribution in [3.63, 3.8) is 0 Å². The van der Waals surface area contributed by atoms with Crippen LogP contribution in [-0.4, -0.2) is 22.5 Å². The van der Waals surface area contributed by atoms with Crippen molar-refractivity contribution in [2.24, 2.45) is 0 Å². The number of halogens is 1. The summed E-state index contributed by atoms with van der Waals surface area (Å²) in [4.78, 5) is 29.7. The second kappa shape index (κ2) is 10.2. The number of para-hydroxylation sites is 1. The molecule has 37 heavy (non-hydrogen) atoms. The Bertz CT molecular complexity index is 1460. The van der Waals surface area contributed by atoms with Gasteiger partial charge in [-0.15, -0.1) is 11.8 Å². The zero-order valence-corrected chi connectivity index (χ0v) is 21.3. The number of carbonyl (C=O) groups is 2. The SMILES string of the molecule is Cc1cc(COc2ccc(SC(CC3(C)NC(=O)NC3=O)c3ccc(F)cc3)cc2)c2ccccc2n1. The van der Waals surface area contributed by atoms with Crippen LogP contribution in [0.1, 0.15) is 35.4 Å². The molecule has 0 aliphatic carbocycles. The summed E-state index contributed by atoms with van der Waals surface area (Å²) in [5.41, 5.74) is 2.76. The number of nitrogens with one attached hydrogen (secondary N) is 2. The van der Waals surface area contributed by atoms with Crippen LogP contribution >= 0.6 is 11.8 Å². The van der Waals surface area contributed by atoms with E-state index in [0.29, 0.717) is 13.0 Å². The molecule has 1 saturated heterocycles. The molecular weight excluding hydrogens is 489 g/mol. The van der Waals surface area contributed by atoms with Crippen molar-refractivity contribution in [2.45, 2.75) is 42.6 Å². The number of amides is 3. The lowest BCUT2D eigenvalue weighted by Crippen LogP contribution is -2.44.